The first-order valence-electron chi connectivity index (χ1n) is 9.93. The Balaban J connectivity index is 1.34. The largest absolute Gasteiger partial charge is 0.474 e. The van der Waals surface area contributed by atoms with Crippen LogP contribution < -0.4 is 4.74 Å². The molecule has 26 heavy (non-hydrogen) atoms. The van der Waals surface area contributed by atoms with Crippen LogP contribution >= 0.6 is 0 Å². The lowest BCUT2D eigenvalue weighted by Gasteiger charge is -2.41. The van der Waals surface area contributed by atoms with Crippen molar-refractivity contribution >= 4 is 5.91 Å². The van der Waals surface area contributed by atoms with E-state index in [0.29, 0.717) is 31.1 Å². The second-order valence-electron chi connectivity index (χ2n) is 7.62. The van der Waals surface area contributed by atoms with Crippen molar-refractivity contribution in [2.45, 2.75) is 50.7 Å². The van der Waals surface area contributed by atoms with E-state index in [9.17, 15) is 4.79 Å². The zero-order chi connectivity index (χ0) is 17.9. The number of aromatic nitrogens is 1. The predicted octanol–water partition coefficient (Wildman–Crippen LogP) is 2.12. The molecule has 0 radical (unpaired) electrons. The Morgan fingerprint density at radius 1 is 1.15 bits per heavy atom. The van der Waals surface area contributed by atoms with Crippen molar-refractivity contribution in [1.82, 2.24) is 14.8 Å². The standard InChI is InChI=1S/C20H29N3O3/c1-25-14-13-23-12-9-18-17(20(23)24)5-6-19(21-18)26-16-7-10-22(11-8-16)15-3-2-4-15/h5-6,15-16H,2-4,7-14H2,1H3. The number of ether oxygens (including phenoxy) is 2. The van der Waals surface area contributed by atoms with Crippen LogP contribution in [0.5, 0.6) is 5.88 Å². The third-order valence-corrected chi connectivity index (χ3v) is 6.01. The van der Waals surface area contributed by atoms with Crippen molar-refractivity contribution in [1.29, 1.82) is 0 Å². The van der Waals surface area contributed by atoms with Crippen LogP contribution in [0.1, 0.15) is 48.2 Å². The summed E-state index contributed by atoms with van der Waals surface area (Å²) in [4.78, 5) is 21.6. The Kier molecular flexibility index (Phi) is 5.41. The Bertz CT molecular complexity index is 639. The van der Waals surface area contributed by atoms with Crippen LogP contribution in [-0.2, 0) is 11.2 Å². The third-order valence-electron chi connectivity index (χ3n) is 6.01. The van der Waals surface area contributed by atoms with Crippen LogP contribution in [0.25, 0.3) is 0 Å². The summed E-state index contributed by atoms with van der Waals surface area (Å²) in [5.74, 6) is 0.722. The molecule has 0 unspecified atom stereocenters. The maximum absolute atomic E-state index is 12.5. The van der Waals surface area contributed by atoms with Crippen LogP contribution in [0.2, 0.25) is 0 Å². The van der Waals surface area contributed by atoms with Crippen molar-refractivity contribution in [3.8, 4) is 5.88 Å². The minimum atomic E-state index is 0.0520. The predicted molar refractivity (Wildman–Crippen MR) is 98.6 cm³/mol. The van der Waals surface area contributed by atoms with Crippen molar-refractivity contribution in [2.24, 2.45) is 0 Å². The number of fused-ring (bicyclic) bond motifs is 1. The van der Waals surface area contributed by atoms with Crippen molar-refractivity contribution in [3.05, 3.63) is 23.4 Å². The number of hydrogen-bond donors (Lipinski definition) is 0. The molecular weight excluding hydrogens is 330 g/mol. The molecule has 3 heterocycles. The van der Waals surface area contributed by atoms with Crippen LogP contribution in [0.15, 0.2) is 12.1 Å². The van der Waals surface area contributed by atoms with Gasteiger partial charge in [0.2, 0.25) is 5.88 Å². The van der Waals surface area contributed by atoms with Gasteiger partial charge in [-0.1, -0.05) is 6.42 Å². The van der Waals surface area contributed by atoms with E-state index in [1.54, 1.807) is 7.11 Å². The maximum atomic E-state index is 12.5. The van der Waals surface area contributed by atoms with Gasteiger partial charge in [-0.15, -0.1) is 0 Å². The molecule has 6 nitrogen and oxygen atoms in total. The van der Waals surface area contributed by atoms with Gasteiger partial charge >= 0.3 is 0 Å². The van der Waals surface area contributed by atoms with Gasteiger partial charge in [-0.05, 0) is 31.7 Å². The summed E-state index contributed by atoms with van der Waals surface area (Å²) in [5, 5.41) is 0. The summed E-state index contributed by atoms with van der Waals surface area (Å²) >= 11 is 0. The fourth-order valence-electron chi connectivity index (χ4n) is 4.14. The lowest BCUT2D eigenvalue weighted by atomic mass is 9.90. The van der Waals surface area contributed by atoms with E-state index in [-0.39, 0.29) is 12.0 Å². The molecule has 2 fully saturated rings. The summed E-state index contributed by atoms with van der Waals surface area (Å²) < 4.78 is 11.2. The summed E-state index contributed by atoms with van der Waals surface area (Å²) in [6, 6.07) is 4.56. The van der Waals surface area contributed by atoms with Gasteiger partial charge < -0.3 is 19.3 Å². The number of likely N-dealkylation sites (tertiary alicyclic amines) is 1. The molecule has 0 atom stereocenters. The molecule has 0 spiro atoms. The molecule has 1 saturated carbocycles. The summed E-state index contributed by atoms with van der Waals surface area (Å²) in [7, 11) is 1.66. The van der Waals surface area contributed by atoms with Gasteiger partial charge in [-0.25, -0.2) is 4.98 Å². The lowest BCUT2D eigenvalue weighted by Crippen LogP contribution is -2.46. The van der Waals surface area contributed by atoms with Gasteiger partial charge in [0.15, 0.2) is 0 Å². The average Bonchev–Trinajstić information content (AvgIpc) is 2.61. The first kappa shape index (κ1) is 17.7. The van der Waals surface area contributed by atoms with Gasteiger partial charge in [0.25, 0.3) is 5.91 Å². The number of carbonyl (C=O) groups excluding carboxylic acids is 1. The zero-order valence-corrected chi connectivity index (χ0v) is 15.7. The average molecular weight is 359 g/mol. The molecule has 1 saturated heterocycles. The second-order valence-corrected chi connectivity index (χ2v) is 7.62. The van der Waals surface area contributed by atoms with Gasteiger partial charge in [-0.2, -0.15) is 0 Å². The van der Waals surface area contributed by atoms with Gasteiger partial charge in [0.1, 0.15) is 6.10 Å². The minimum absolute atomic E-state index is 0.0520. The van der Waals surface area contributed by atoms with E-state index in [2.05, 4.69) is 9.88 Å². The maximum Gasteiger partial charge on any atom is 0.255 e. The fraction of sp³-hybridized carbons (Fsp3) is 0.700. The number of pyridine rings is 1. The quantitative estimate of drug-likeness (QED) is 0.779. The molecule has 6 heteroatoms. The van der Waals surface area contributed by atoms with E-state index in [1.165, 1.54) is 19.3 Å². The van der Waals surface area contributed by atoms with E-state index in [4.69, 9.17) is 9.47 Å². The number of hydrogen-bond acceptors (Lipinski definition) is 5. The smallest absolute Gasteiger partial charge is 0.255 e. The fourth-order valence-corrected chi connectivity index (χ4v) is 4.14. The van der Waals surface area contributed by atoms with Crippen LogP contribution in [0.3, 0.4) is 0 Å². The van der Waals surface area contributed by atoms with Gasteiger partial charge in [0, 0.05) is 51.8 Å². The summed E-state index contributed by atoms with van der Waals surface area (Å²) in [6.45, 7) is 4.16. The van der Waals surface area contributed by atoms with Crippen molar-refractivity contribution < 1.29 is 14.3 Å². The Morgan fingerprint density at radius 3 is 2.65 bits per heavy atom. The molecule has 0 aromatic carbocycles. The molecule has 0 bridgehead atoms. The van der Waals surface area contributed by atoms with E-state index < -0.39 is 0 Å². The Morgan fingerprint density at radius 2 is 1.96 bits per heavy atom. The van der Waals surface area contributed by atoms with Gasteiger partial charge in [0.05, 0.1) is 17.9 Å². The minimum Gasteiger partial charge on any atom is -0.474 e. The first-order valence-corrected chi connectivity index (χ1v) is 9.93. The molecule has 1 aromatic rings. The topological polar surface area (TPSA) is 54.9 Å². The third kappa shape index (κ3) is 3.71. The van der Waals surface area contributed by atoms with E-state index in [0.717, 1.165) is 44.1 Å². The highest BCUT2D eigenvalue weighted by atomic mass is 16.5. The SMILES string of the molecule is COCCN1CCc2nc(OC3CCN(C4CCC4)CC3)ccc2C1=O. The molecule has 0 N–H and O–H groups in total. The van der Waals surface area contributed by atoms with E-state index in [1.807, 2.05) is 17.0 Å². The van der Waals surface area contributed by atoms with E-state index >= 15 is 0 Å². The summed E-state index contributed by atoms with van der Waals surface area (Å²) in [6.07, 6.45) is 7.29. The Hall–Kier alpha value is -1.66. The number of amides is 1. The number of rotatable bonds is 6. The lowest BCUT2D eigenvalue weighted by molar-refractivity contribution is 0.0473. The van der Waals surface area contributed by atoms with Crippen molar-refractivity contribution in [2.75, 3.05) is 39.9 Å². The molecule has 3 aliphatic rings. The van der Waals surface area contributed by atoms with Crippen molar-refractivity contribution in [3.63, 3.8) is 0 Å². The highest BCUT2D eigenvalue weighted by molar-refractivity contribution is 5.96. The van der Waals surface area contributed by atoms with Gasteiger partial charge in [-0.3, -0.25) is 4.79 Å². The molecule has 2 aliphatic heterocycles. The highest BCUT2D eigenvalue weighted by Crippen LogP contribution is 2.29. The molecule has 1 amide bonds. The van der Waals surface area contributed by atoms with Crippen LogP contribution in [-0.4, -0.2) is 72.7 Å². The molecule has 142 valence electrons. The molecule has 1 aromatic heterocycles. The van der Waals surface area contributed by atoms with Crippen LogP contribution in [0, 0.1) is 0 Å². The summed E-state index contributed by atoms with van der Waals surface area (Å²) in [5.41, 5.74) is 1.58. The zero-order valence-electron chi connectivity index (χ0n) is 15.7. The number of piperidine rings is 1. The number of methoxy groups -OCH3 is 1. The monoisotopic (exact) mass is 359 g/mol. The first-order chi connectivity index (χ1) is 12.7. The number of carbonyl (C=O) groups is 1. The van der Waals surface area contributed by atoms with Crippen LogP contribution in [0.4, 0.5) is 0 Å². The molecule has 1 aliphatic carbocycles. The number of nitrogens with zero attached hydrogens (tertiary/aromatic N) is 3. The molecular formula is C20H29N3O3. The normalized spacial score (nSPS) is 22.2. The highest BCUT2D eigenvalue weighted by Gasteiger charge is 2.30. The molecule has 4 rings (SSSR count). The Labute approximate surface area is 155 Å². The second kappa shape index (κ2) is 7.92.